The van der Waals surface area contributed by atoms with Crippen LogP contribution in [0.5, 0.6) is 0 Å². The van der Waals surface area contributed by atoms with Gasteiger partial charge in [-0.2, -0.15) is 0 Å². The number of benzene rings is 1. The molecule has 0 saturated heterocycles. The molecule has 1 saturated carbocycles. The fourth-order valence-corrected chi connectivity index (χ4v) is 3.49. The van der Waals surface area contributed by atoms with Crippen molar-refractivity contribution in [2.75, 3.05) is 6.26 Å². The van der Waals surface area contributed by atoms with E-state index in [1.165, 1.54) is 19.1 Å². The number of rotatable bonds is 4. The van der Waals surface area contributed by atoms with Crippen LogP contribution in [0.3, 0.4) is 0 Å². The Balaban J connectivity index is 2.27. The molecule has 1 heterocycles. The van der Waals surface area contributed by atoms with Crippen LogP contribution < -0.4 is 0 Å². The summed E-state index contributed by atoms with van der Waals surface area (Å²) in [5.41, 5.74) is 1.40. The molecule has 108 valence electrons. The molecule has 1 aromatic heterocycles. The highest BCUT2D eigenvalue weighted by Gasteiger charge is 2.26. The number of para-hydroxylation sites is 1. The molecular formula is C14H17ClN2O2S. The second-order valence-electron chi connectivity index (χ2n) is 5.54. The Bertz CT molecular complexity index is 761. The third-order valence-corrected chi connectivity index (χ3v) is 4.99. The lowest BCUT2D eigenvalue weighted by molar-refractivity contribution is 0.602. The van der Waals surface area contributed by atoms with Crippen LogP contribution >= 0.6 is 11.6 Å². The Kier molecular flexibility index (Phi) is 3.29. The van der Waals surface area contributed by atoms with Crippen LogP contribution in [-0.4, -0.2) is 24.2 Å². The van der Waals surface area contributed by atoms with Crippen molar-refractivity contribution in [1.29, 1.82) is 0 Å². The lowest BCUT2D eigenvalue weighted by atomic mass is 10.3. The van der Waals surface area contributed by atoms with E-state index in [4.69, 9.17) is 11.6 Å². The van der Waals surface area contributed by atoms with E-state index in [-0.39, 0.29) is 10.3 Å². The zero-order chi connectivity index (χ0) is 14.5. The zero-order valence-corrected chi connectivity index (χ0v) is 13.1. The molecule has 0 radical (unpaired) electrons. The summed E-state index contributed by atoms with van der Waals surface area (Å²) in [7, 11) is -3.29. The number of halogens is 1. The van der Waals surface area contributed by atoms with E-state index in [1.807, 2.05) is 13.0 Å². The third-order valence-electron chi connectivity index (χ3n) is 3.66. The monoisotopic (exact) mass is 312 g/mol. The van der Waals surface area contributed by atoms with E-state index in [9.17, 15) is 8.42 Å². The van der Waals surface area contributed by atoms with Gasteiger partial charge in [0.25, 0.3) is 0 Å². The van der Waals surface area contributed by atoms with E-state index in [2.05, 4.69) is 9.55 Å². The van der Waals surface area contributed by atoms with Gasteiger partial charge in [-0.15, -0.1) is 11.6 Å². The Morgan fingerprint density at radius 3 is 2.70 bits per heavy atom. The largest absolute Gasteiger partial charge is 0.326 e. The van der Waals surface area contributed by atoms with Gasteiger partial charge in [0.2, 0.25) is 0 Å². The molecule has 0 N–H and O–H groups in total. The molecule has 1 aliphatic carbocycles. The van der Waals surface area contributed by atoms with Crippen molar-refractivity contribution in [3.63, 3.8) is 0 Å². The first-order chi connectivity index (χ1) is 9.38. The summed E-state index contributed by atoms with van der Waals surface area (Å²) >= 11 is 6.22. The Morgan fingerprint density at radius 2 is 2.15 bits per heavy atom. The average molecular weight is 313 g/mol. The van der Waals surface area contributed by atoms with Gasteiger partial charge in [-0.1, -0.05) is 6.07 Å². The summed E-state index contributed by atoms with van der Waals surface area (Å²) in [6, 6.07) is 5.30. The Morgan fingerprint density at radius 1 is 1.45 bits per heavy atom. The molecule has 0 aliphatic heterocycles. The first-order valence-corrected chi connectivity index (χ1v) is 9.04. The number of nitrogens with zero attached hydrogens (tertiary/aromatic N) is 2. The number of aromatic nitrogens is 2. The smallest absolute Gasteiger partial charge is 0.177 e. The van der Waals surface area contributed by atoms with Gasteiger partial charge in [0.1, 0.15) is 11.3 Å². The highest BCUT2D eigenvalue weighted by molar-refractivity contribution is 7.91. The first kappa shape index (κ1) is 13.9. The summed E-state index contributed by atoms with van der Waals surface area (Å²) < 4.78 is 25.9. The van der Waals surface area contributed by atoms with Crippen molar-refractivity contribution in [2.45, 2.75) is 36.6 Å². The summed E-state index contributed by atoms with van der Waals surface area (Å²) in [4.78, 5) is 4.79. The number of fused-ring (bicyclic) bond motifs is 1. The topological polar surface area (TPSA) is 52.0 Å². The predicted molar refractivity (Wildman–Crippen MR) is 79.8 cm³/mol. The van der Waals surface area contributed by atoms with Crippen LogP contribution in [-0.2, 0) is 16.4 Å². The van der Waals surface area contributed by atoms with Gasteiger partial charge in [-0.25, -0.2) is 13.4 Å². The van der Waals surface area contributed by atoms with Gasteiger partial charge in [0.15, 0.2) is 9.84 Å². The molecule has 1 unspecified atom stereocenters. The van der Waals surface area contributed by atoms with Gasteiger partial charge >= 0.3 is 0 Å². The summed E-state index contributed by atoms with van der Waals surface area (Å²) in [5, 5.41) is -0.242. The van der Waals surface area contributed by atoms with Crippen molar-refractivity contribution in [3.8, 4) is 0 Å². The molecule has 1 fully saturated rings. The SMILES string of the molecule is CC(Cl)c1nc2c(S(C)(=O)=O)cccc2n1CC1CC1. The molecule has 0 bridgehead atoms. The van der Waals surface area contributed by atoms with Gasteiger partial charge in [0, 0.05) is 12.8 Å². The van der Waals surface area contributed by atoms with Gasteiger partial charge in [-0.3, -0.25) is 0 Å². The predicted octanol–water partition coefficient (Wildman–Crippen LogP) is 3.15. The number of sulfone groups is 1. The maximum atomic E-state index is 11.9. The molecule has 4 nitrogen and oxygen atoms in total. The number of hydrogen-bond donors (Lipinski definition) is 0. The van der Waals surface area contributed by atoms with Crippen molar-refractivity contribution in [3.05, 3.63) is 24.0 Å². The second-order valence-corrected chi connectivity index (χ2v) is 8.17. The van der Waals surface area contributed by atoms with E-state index in [1.54, 1.807) is 12.1 Å². The van der Waals surface area contributed by atoms with Crippen LogP contribution in [0.1, 0.15) is 31.0 Å². The summed E-state index contributed by atoms with van der Waals surface area (Å²) in [5.74, 6) is 1.42. The minimum absolute atomic E-state index is 0.242. The highest BCUT2D eigenvalue weighted by atomic mass is 35.5. The van der Waals surface area contributed by atoms with Crippen molar-refractivity contribution in [1.82, 2.24) is 9.55 Å². The molecule has 20 heavy (non-hydrogen) atoms. The Labute approximate surface area is 123 Å². The molecule has 0 spiro atoms. The van der Waals surface area contributed by atoms with Gasteiger partial charge in [0.05, 0.1) is 15.8 Å². The number of hydrogen-bond acceptors (Lipinski definition) is 3. The zero-order valence-electron chi connectivity index (χ0n) is 11.5. The lowest BCUT2D eigenvalue weighted by Gasteiger charge is -2.09. The van der Waals surface area contributed by atoms with Crippen LogP contribution in [0.2, 0.25) is 0 Å². The van der Waals surface area contributed by atoms with Crippen LogP contribution in [0.15, 0.2) is 23.1 Å². The van der Waals surface area contributed by atoms with Crippen LogP contribution in [0.4, 0.5) is 0 Å². The normalized spacial score (nSPS) is 17.6. The van der Waals surface area contributed by atoms with E-state index >= 15 is 0 Å². The highest BCUT2D eigenvalue weighted by Crippen LogP contribution is 2.35. The molecule has 1 aliphatic rings. The standard InChI is InChI=1S/C14H17ClN2O2S/c1-9(15)14-16-13-11(17(14)8-10-6-7-10)4-3-5-12(13)20(2,18)19/h3-5,9-10H,6-8H2,1-2H3. The van der Waals surface area contributed by atoms with E-state index in [0.717, 1.165) is 17.9 Å². The number of alkyl halides is 1. The maximum Gasteiger partial charge on any atom is 0.177 e. The van der Waals surface area contributed by atoms with Crippen molar-refractivity contribution >= 4 is 32.5 Å². The molecule has 1 aromatic carbocycles. The summed E-state index contributed by atoms with van der Waals surface area (Å²) in [6.45, 7) is 2.74. The quantitative estimate of drug-likeness (QED) is 0.815. The maximum absolute atomic E-state index is 11.9. The molecule has 6 heteroatoms. The molecule has 0 amide bonds. The van der Waals surface area contributed by atoms with Crippen LogP contribution in [0.25, 0.3) is 11.0 Å². The molecule has 2 aromatic rings. The molecular weight excluding hydrogens is 296 g/mol. The minimum atomic E-state index is -3.29. The van der Waals surface area contributed by atoms with E-state index < -0.39 is 9.84 Å². The van der Waals surface area contributed by atoms with Crippen molar-refractivity contribution < 1.29 is 8.42 Å². The van der Waals surface area contributed by atoms with Crippen LogP contribution in [0, 0.1) is 5.92 Å². The fourth-order valence-electron chi connectivity index (χ4n) is 2.49. The average Bonchev–Trinajstić information content (AvgIpc) is 3.08. The fraction of sp³-hybridized carbons (Fsp3) is 0.500. The number of imidazole rings is 1. The Hall–Kier alpha value is -1.07. The molecule has 1 atom stereocenters. The molecule has 3 rings (SSSR count). The third kappa shape index (κ3) is 2.44. The first-order valence-electron chi connectivity index (χ1n) is 6.71. The van der Waals surface area contributed by atoms with Crippen molar-refractivity contribution in [2.24, 2.45) is 5.92 Å². The van der Waals surface area contributed by atoms with E-state index in [0.29, 0.717) is 11.4 Å². The lowest BCUT2D eigenvalue weighted by Crippen LogP contribution is -2.05. The van der Waals surface area contributed by atoms with Gasteiger partial charge < -0.3 is 4.57 Å². The summed E-state index contributed by atoms with van der Waals surface area (Å²) in [6.07, 6.45) is 3.66. The van der Waals surface area contributed by atoms with Gasteiger partial charge in [-0.05, 0) is 37.8 Å². The second kappa shape index (κ2) is 4.74. The minimum Gasteiger partial charge on any atom is -0.326 e.